The van der Waals surface area contributed by atoms with Crippen molar-refractivity contribution >= 4 is 5.97 Å². The molecule has 0 aromatic carbocycles. The van der Waals surface area contributed by atoms with Crippen molar-refractivity contribution in [1.82, 2.24) is 0 Å². The van der Waals surface area contributed by atoms with Crippen LogP contribution >= 0.6 is 0 Å². The monoisotopic (exact) mass is 773 g/mol. The second-order valence-electron chi connectivity index (χ2n) is 16.1. The summed E-state index contributed by atoms with van der Waals surface area (Å²) in [6.07, 6.45) is 25.9. The Bertz CT molecular complexity index is 924. The molecule has 0 amide bonds. The molecule has 3 saturated heterocycles. The molecule has 318 valence electrons. The largest absolute Gasteiger partial charge is 0.460 e. The van der Waals surface area contributed by atoms with Gasteiger partial charge in [0.25, 0.3) is 0 Å². The quantitative estimate of drug-likeness (QED) is 0.0384. The van der Waals surface area contributed by atoms with Gasteiger partial charge in [-0.1, -0.05) is 103 Å². The highest BCUT2D eigenvalue weighted by atomic mass is 16.7. The van der Waals surface area contributed by atoms with E-state index in [0.717, 1.165) is 96.3 Å². The molecular weight excluding hydrogens is 692 g/mol. The van der Waals surface area contributed by atoms with E-state index in [1.807, 2.05) is 0 Å². The van der Waals surface area contributed by atoms with E-state index in [1.54, 1.807) is 28.3 Å². The Kier molecular flexibility index (Phi) is 25.8. The van der Waals surface area contributed by atoms with E-state index in [1.165, 1.54) is 51.4 Å². The van der Waals surface area contributed by atoms with Crippen LogP contribution in [0.25, 0.3) is 0 Å². The first kappa shape index (κ1) is 47.5. The van der Waals surface area contributed by atoms with Gasteiger partial charge in [-0.3, -0.25) is 4.79 Å². The molecule has 0 bridgehead atoms. The highest BCUT2D eigenvalue weighted by molar-refractivity contribution is 5.75. The van der Waals surface area contributed by atoms with Crippen LogP contribution < -0.4 is 0 Å². The molecule has 11 heteroatoms. The molecule has 1 N–H and O–H groups in total. The maximum atomic E-state index is 11.9. The van der Waals surface area contributed by atoms with Gasteiger partial charge in [0.2, 0.25) is 0 Å². The third-order valence-electron chi connectivity index (χ3n) is 11.8. The molecule has 3 fully saturated rings. The highest BCUT2D eigenvalue weighted by Gasteiger charge is 2.42. The van der Waals surface area contributed by atoms with Gasteiger partial charge in [0.1, 0.15) is 32.6 Å². The molecule has 0 radical (unpaired) electrons. The summed E-state index contributed by atoms with van der Waals surface area (Å²) in [5.74, 6) is -0.615. The van der Waals surface area contributed by atoms with Gasteiger partial charge in [-0.15, -0.1) is 0 Å². The van der Waals surface area contributed by atoms with Crippen LogP contribution in [0.2, 0.25) is 0 Å². The highest BCUT2D eigenvalue weighted by Crippen LogP contribution is 2.36. The number of rotatable bonds is 34. The number of esters is 1. The van der Waals surface area contributed by atoms with E-state index in [4.69, 9.17) is 42.6 Å². The smallest absolute Gasteiger partial charge is 0.312 e. The van der Waals surface area contributed by atoms with Crippen molar-refractivity contribution in [3.8, 4) is 0 Å². The lowest BCUT2D eigenvalue weighted by atomic mass is 9.94. The molecule has 3 aliphatic heterocycles. The summed E-state index contributed by atoms with van der Waals surface area (Å²) < 4.78 is 52.7. The molecule has 2 unspecified atom stereocenters. The van der Waals surface area contributed by atoms with Crippen molar-refractivity contribution in [3.63, 3.8) is 0 Å². The fraction of sp³-hybridized carbons (Fsp3) is 0.977. The second kappa shape index (κ2) is 29.3. The number of hydrogen-bond donors (Lipinski definition) is 1. The molecule has 0 saturated carbocycles. The van der Waals surface area contributed by atoms with Crippen molar-refractivity contribution in [2.45, 2.75) is 223 Å². The molecule has 3 rings (SSSR count). The number of aliphatic hydroxyl groups excluding tert-OH is 1. The summed E-state index contributed by atoms with van der Waals surface area (Å²) in [5.41, 5.74) is 0. The Labute approximate surface area is 328 Å². The first-order chi connectivity index (χ1) is 26.4. The van der Waals surface area contributed by atoms with Crippen molar-refractivity contribution in [1.29, 1.82) is 0 Å². The third-order valence-corrected chi connectivity index (χ3v) is 11.8. The molecule has 0 aromatic heterocycles. The number of carbonyl (C=O) groups is 1. The summed E-state index contributed by atoms with van der Waals surface area (Å²) in [4.78, 5) is 11.9. The second-order valence-corrected chi connectivity index (χ2v) is 16.1. The lowest BCUT2D eigenvalue weighted by Crippen LogP contribution is -2.35. The fourth-order valence-electron chi connectivity index (χ4n) is 8.57. The van der Waals surface area contributed by atoms with Crippen LogP contribution in [0.4, 0.5) is 0 Å². The van der Waals surface area contributed by atoms with Gasteiger partial charge < -0.3 is 47.7 Å². The summed E-state index contributed by atoms with van der Waals surface area (Å²) in [6.45, 7) is 4.90. The first-order valence-corrected chi connectivity index (χ1v) is 21.9. The molecule has 0 aliphatic carbocycles. The number of hydrogen-bond acceptors (Lipinski definition) is 11. The lowest BCUT2D eigenvalue weighted by molar-refractivity contribution is -0.158. The Morgan fingerprint density at radius 2 is 1.06 bits per heavy atom. The Morgan fingerprint density at radius 1 is 0.611 bits per heavy atom. The summed E-state index contributed by atoms with van der Waals surface area (Å²) in [5, 5.41) is 10.2. The van der Waals surface area contributed by atoms with E-state index in [2.05, 4.69) is 6.92 Å². The van der Waals surface area contributed by atoms with Crippen LogP contribution in [-0.4, -0.2) is 108 Å². The van der Waals surface area contributed by atoms with E-state index in [-0.39, 0.29) is 67.5 Å². The Hall–Kier alpha value is -0.890. The van der Waals surface area contributed by atoms with Gasteiger partial charge in [0, 0.05) is 21.3 Å². The minimum absolute atomic E-state index is 0.0133. The summed E-state index contributed by atoms with van der Waals surface area (Å²) in [6, 6.07) is 0. The minimum atomic E-state index is -0.671. The van der Waals surface area contributed by atoms with E-state index in [9.17, 15) is 9.90 Å². The molecule has 54 heavy (non-hydrogen) atoms. The standard InChI is InChI=1S/C43H80O11/c1-6-7-8-9-10-11-15-18-24-36(50-31-47-4)38-26-28-40(53-38)41-29-27-39(54-41)37(51-32-48-5)25-20-19-22-34(49-30-46-3)21-16-13-12-14-17-23-35-42(44)33(2)52-43(35)45/h33-42,44H,6-32H2,1-5H3/t33-,34+,35?,36+,37+,38+,39+,40-,41+,42?/m0/s1. The fourth-order valence-corrected chi connectivity index (χ4v) is 8.57. The number of cyclic esters (lactones) is 1. The van der Waals surface area contributed by atoms with Crippen LogP contribution in [-0.2, 0) is 47.4 Å². The molecule has 0 spiro atoms. The van der Waals surface area contributed by atoms with Crippen LogP contribution in [0.1, 0.15) is 168 Å². The van der Waals surface area contributed by atoms with E-state index < -0.39 is 6.10 Å². The molecule has 3 heterocycles. The summed E-state index contributed by atoms with van der Waals surface area (Å²) >= 11 is 0. The van der Waals surface area contributed by atoms with Crippen LogP contribution in [0.15, 0.2) is 0 Å². The number of ether oxygens (including phenoxy) is 9. The number of aliphatic hydroxyl groups is 1. The maximum Gasteiger partial charge on any atom is 0.312 e. The van der Waals surface area contributed by atoms with Crippen molar-refractivity contribution in [2.24, 2.45) is 5.92 Å². The van der Waals surface area contributed by atoms with Crippen molar-refractivity contribution in [3.05, 3.63) is 0 Å². The van der Waals surface area contributed by atoms with Gasteiger partial charge in [-0.25, -0.2) is 0 Å². The number of unbranched alkanes of at least 4 members (excludes halogenated alkanes) is 12. The minimum Gasteiger partial charge on any atom is -0.460 e. The van der Waals surface area contributed by atoms with Crippen LogP contribution in [0.3, 0.4) is 0 Å². The number of methoxy groups -OCH3 is 3. The summed E-state index contributed by atoms with van der Waals surface area (Å²) in [7, 11) is 5.03. The number of carbonyl (C=O) groups excluding carboxylic acids is 1. The van der Waals surface area contributed by atoms with Gasteiger partial charge in [0.15, 0.2) is 0 Å². The third kappa shape index (κ3) is 18.1. The topological polar surface area (TPSA) is 120 Å². The molecule has 0 aromatic rings. The van der Waals surface area contributed by atoms with Gasteiger partial charge >= 0.3 is 5.97 Å². The van der Waals surface area contributed by atoms with E-state index >= 15 is 0 Å². The van der Waals surface area contributed by atoms with Gasteiger partial charge in [-0.05, 0) is 64.7 Å². The SMILES string of the molecule is CCCCCCCCCC[C@@H](OCOC)[C@H]1CC[C@@H]([C@H]2CC[C@H]([C@@H](CCCC[C@@H](CCCCCCCC3C(=O)O[C@@H](C)C3O)OCOC)OCOC)O2)O1. The van der Waals surface area contributed by atoms with Gasteiger partial charge in [-0.2, -0.15) is 0 Å². The Morgan fingerprint density at radius 3 is 1.56 bits per heavy atom. The Balaban J connectivity index is 1.34. The zero-order valence-corrected chi connectivity index (χ0v) is 34.9. The van der Waals surface area contributed by atoms with Crippen molar-refractivity contribution < 1.29 is 52.5 Å². The molecular formula is C43H80O11. The van der Waals surface area contributed by atoms with Gasteiger partial charge in [0.05, 0.1) is 48.6 Å². The van der Waals surface area contributed by atoms with Crippen molar-refractivity contribution in [2.75, 3.05) is 41.7 Å². The van der Waals surface area contributed by atoms with E-state index in [0.29, 0.717) is 20.0 Å². The average Bonchev–Trinajstić information content (AvgIpc) is 3.92. The molecule has 3 aliphatic rings. The maximum absolute atomic E-state index is 11.9. The predicted octanol–water partition coefficient (Wildman–Crippen LogP) is 8.79. The normalized spacial score (nSPS) is 27.4. The first-order valence-electron chi connectivity index (χ1n) is 21.9. The average molecular weight is 773 g/mol. The zero-order valence-electron chi connectivity index (χ0n) is 34.9. The lowest BCUT2D eigenvalue weighted by Gasteiger charge is -2.27. The van der Waals surface area contributed by atoms with Crippen LogP contribution in [0.5, 0.6) is 0 Å². The van der Waals surface area contributed by atoms with Crippen LogP contribution in [0, 0.1) is 5.92 Å². The zero-order chi connectivity index (χ0) is 38.8. The molecule has 11 nitrogen and oxygen atoms in total. The predicted molar refractivity (Wildman–Crippen MR) is 209 cm³/mol. The molecule has 10 atom stereocenters.